The number of hydrogen-bond acceptors (Lipinski definition) is 3. The first-order valence-electron chi connectivity index (χ1n) is 7.76. The van der Waals surface area contributed by atoms with Crippen LogP contribution >= 0.6 is 0 Å². The first-order chi connectivity index (χ1) is 11.7. The Morgan fingerprint density at radius 3 is 1.96 bits per heavy atom. The number of aryl methyl sites for hydroxylation is 1. The minimum Gasteiger partial charge on any atom is -0.482 e. The molecule has 3 aromatic carbocycles. The molecule has 0 aliphatic rings. The van der Waals surface area contributed by atoms with E-state index >= 15 is 0 Å². The molecule has 0 aliphatic heterocycles. The van der Waals surface area contributed by atoms with Crippen LogP contribution in [0.5, 0.6) is 11.5 Å². The molecule has 0 radical (unpaired) electrons. The lowest BCUT2D eigenvalue weighted by Crippen LogP contribution is -2.17. The van der Waals surface area contributed by atoms with Crippen LogP contribution in [-0.4, -0.2) is 12.6 Å². The van der Waals surface area contributed by atoms with Crippen LogP contribution in [0.25, 0.3) is 11.1 Å². The highest BCUT2D eigenvalue weighted by Gasteiger charge is 2.06. The molecule has 0 saturated heterocycles. The monoisotopic (exact) mass is 318 g/mol. The van der Waals surface area contributed by atoms with Crippen LogP contribution in [0, 0.1) is 6.92 Å². The summed E-state index contributed by atoms with van der Waals surface area (Å²) in [7, 11) is 0. The van der Waals surface area contributed by atoms with Gasteiger partial charge in [0.1, 0.15) is 11.5 Å². The SMILES string of the molecule is Cc1ccc(-c2ccc(OC(=O)COc3ccccc3)cc2)cc1. The summed E-state index contributed by atoms with van der Waals surface area (Å²) in [6, 6.07) is 24.9. The fourth-order valence-electron chi connectivity index (χ4n) is 2.28. The van der Waals surface area contributed by atoms with Gasteiger partial charge in [-0.1, -0.05) is 60.2 Å². The Hall–Kier alpha value is -3.07. The molecular formula is C21H18O3. The Bertz CT molecular complexity index is 791. The molecular weight excluding hydrogens is 300 g/mol. The van der Waals surface area contributed by atoms with Gasteiger partial charge in [-0.05, 0) is 42.3 Å². The molecule has 0 aliphatic carbocycles. The highest BCUT2D eigenvalue weighted by atomic mass is 16.6. The zero-order valence-corrected chi connectivity index (χ0v) is 13.4. The molecule has 3 heteroatoms. The van der Waals surface area contributed by atoms with Crippen molar-refractivity contribution < 1.29 is 14.3 Å². The second-order valence-corrected chi connectivity index (χ2v) is 5.47. The van der Waals surface area contributed by atoms with Gasteiger partial charge in [0.2, 0.25) is 0 Å². The largest absolute Gasteiger partial charge is 0.482 e. The zero-order chi connectivity index (χ0) is 16.8. The van der Waals surface area contributed by atoms with Gasteiger partial charge in [0.25, 0.3) is 0 Å². The van der Waals surface area contributed by atoms with Gasteiger partial charge in [-0.2, -0.15) is 0 Å². The summed E-state index contributed by atoms with van der Waals surface area (Å²) >= 11 is 0. The number of hydrogen-bond donors (Lipinski definition) is 0. The van der Waals surface area contributed by atoms with Gasteiger partial charge >= 0.3 is 5.97 Å². The first-order valence-corrected chi connectivity index (χ1v) is 7.76. The van der Waals surface area contributed by atoms with E-state index in [-0.39, 0.29) is 6.61 Å². The third-order valence-corrected chi connectivity index (χ3v) is 3.57. The van der Waals surface area contributed by atoms with Gasteiger partial charge < -0.3 is 9.47 Å². The van der Waals surface area contributed by atoms with E-state index in [1.54, 1.807) is 24.3 Å². The lowest BCUT2D eigenvalue weighted by molar-refractivity contribution is -0.136. The molecule has 120 valence electrons. The topological polar surface area (TPSA) is 35.5 Å². The van der Waals surface area contributed by atoms with Gasteiger partial charge in [-0.25, -0.2) is 4.79 Å². The maximum absolute atomic E-state index is 11.8. The van der Waals surface area contributed by atoms with Crippen molar-refractivity contribution in [2.24, 2.45) is 0 Å². The summed E-state index contributed by atoms with van der Waals surface area (Å²) in [4.78, 5) is 11.8. The smallest absolute Gasteiger partial charge is 0.349 e. The molecule has 0 spiro atoms. The van der Waals surface area contributed by atoms with Crippen molar-refractivity contribution in [1.82, 2.24) is 0 Å². The van der Waals surface area contributed by atoms with E-state index in [4.69, 9.17) is 9.47 Å². The number of rotatable bonds is 5. The Balaban J connectivity index is 1.57. The fraction of sp³-hybridized carbons (Fsp3) is 0.0952. The van der Waals surface area contributed by atoms with Crippen LogP contribution in [0.1, 0.15) is 5.56 Å². The zero-order valence-electron chi connectivity index (χ0n) is 13.4. The van der Waals surface area contributed by atoms with Crippen LogP contribution in [0.15, 0.2) is 78.9 Å². The molecule has 0 amide bonds. The van der Waals surface area contributed by atoms with E-state index in [0.29, 0.717) is 11.5 Å². The molecule has 0 unspecified atom stereocenters. The molecule has 0 bridgehead atoms. The van der Waals surface area contributed by atoms with Gasteiger partial charge in [-0.3, -0.25) is 0 Å². The van der Waals surface area contributed by atoms with Gasteiger partial charge in [0, 0.05) is 0 Å². The van der Waals surface area contributed by atoms with E-state index in [0.717, 1.165) is 11.1 Å². The summed E-state index contributed by atoms with van der Waals surface area (Å²) in [5.74, 6) is 0.721. The lowest BCUT2D eigenvalue weighted by atomic mass is 10.0. The molecule has 3 rings (SSSR count). The van der Waals surface area contributed by atoms with Crippen molar-refractivity contribution in [3.05, 3.63) is 84.4 Å². The van der Waals surface area contributed by atoms with E-state index in [1.807, 2.05) is 30.3 Å². The van der Waals surface area contributed by atoms with Crippen LogP contribution in [-0.2, 0) is 4.79 Å². The molecule has 0 saturated carbocycles. The Kier molecular flexibility index (Phi) is 4.92. The highest BCUT2D eigenvalue weighted by molar-refractivity contribution is 5.74. The molecule has 3 nitrogen and oxygen atoms in total. The average molecular weight is 318 g/mol. The summed E-state index contributed by atoms with van der Waals surface area (Å²) < 4.78 is 10.7. The second kappa shape index (κ2) is 7.47. The maximum atomic E-state index is 11.8. The lowest BCUT2D eigenvalue weighted by Gasteiger charge is -2.08. The van der Waals surface area contributed by atoms with E-state index in [9.17, 15) is 4.79 Å². The van der Waals surface area contributed by atoms with Crippen molar-refractivity contribution in [1.29, 1.82) is 0 Å². The van der Waals surface area contributed by atoms with Gasteiger partial charge in [0.05, 0.1) is 0 Å². The van der Waals surface area contributed by atoms with Crippen molar-refractivity contribution in [2.45, 2.75) is 6.92 Å². The minimum absolute atomic E-state index is 0.121. The maximum Gasteiger partial charge on any atom is 0.349 e. The summed E-state index contributed by atoms with van der Waals surface area (Å²) in [5.41, 5.74) is 3.43. The Morgan fingerprint density at radius 1 is 0.750 bits per heavy atom. The molecule has 0 heterocycles. The fourth-order valence-corrected chi connectivity index (χ4v) is 2.28. The summed E-state index contributed by atoms with van der Waals surface area (Å²) in [6.45, 7) is 1.94. The Labute approximate surface area is 141 Å². The van der Waals surface area contributed by atoms with E-state index < -0.39 is 5.97 Å². The molecule has 3 aromatic rings. The normalized spacial score (nSPS) is 10.2. The van der Waals surface area contributed by atoms with Crippen LogP contribution in [0.3, 0.4) is 0 Å². The minimum atomic E-state index is -0.429. The highest BCUT2D eigenvalue weighted by Crippen LogP contribution is 2.22. The van der Waals surface area contributed by atoms with Crippen molar-refractivity contribution in [3.63, 3.8) is 0 Å². The van der Waals surface area contributed by atoms with E-state index in [2.05, 4.69) is 31.2 Å². The van der Waals surface area contributed by atoms with Crippen LogP contribution in [0.2, 0.25) is 0 Å². The number of esters is 1. The average Bonchev–Trinajstić information content (AvgIpc) is 2.62. The number of ether oxygens (including phenoxy) is 2. The number of carbonyl (C=O) groups excluding carboxylic acids is 1. The third kappa shape index (κ3) is 4.23. The predicted octanol–water partition coefficient (Wildman–Crippen LogP) is 4.65. The van der Waals surface area contributed by atoms with Crippen LogP contribution < -0.4 is 9.47 Å². The summed E-state index contributed by atoms with van der Waals surface area (Å²) in [5, 5.41) is 0. The molecule has 0 aromatic heterocycles. The third-order valence-electron chi connectivity index (χ3n) is 3.57. The Morgan fingerprint density at radius 2 is 1.33 bits per heavy atom. The van der Waals surface area contributed by atoms with Gasteiger partial charge in [0.15, 0.2) is 6.61 Å². The molecule has 24 heavy (non-hydrogen) atoms. The number of carbonyl (C=O) groups is 1. The predicted molar refractivity (Wildman–Crippen MR) is 94.2 cm³/mol. The van der Waals surface area contributed by atoms with Crippen molar-refractivity contribution in [2.75, 3.05) is 6.61 Å². The quantitative estimate of drug-likeness (QED) is 0.507. The molecule has 0 N–H and O–H groups in total. The first kappa shape index (κ1) is 15.8. The second-order valence-electron chi connectivity index (χ2n) is 5.47. The number of benzene rings is 3. The van der Waals surface area contributed by atoms with E-state index in [1.165, 1.54) is 5.56 Å². The van der Waals surface area contributed by atoms with Gasteiger partial charge in [-0.15, -0.1) is 0 Å². The standard InChI is InChI=1S/C21H18O3/c1-16-7-9-17(10-8-16)18-11-13-20(14-12-18)24-21(22)15-23-19-5-3-2-4-6-19/h2-14H,15H2,1H3. The van der Waals surface area contributed by atoms with Crippen molar-refractivity contribution >= 4 is 5.97 Å². The van der Waals surface area contributed by atoms with Crippen LogP contribution in [0.4, 0.5) is 0 Å². The molecule has 0 atom stereocenters. The van der Waals surface area contributed by atoms with Crippen molar-refractivity contribution in [3.8, 4) is 22.6 Å². The molecule has 0 fully saturated rings. The number of para-hydroxylation sites is 1. The summed E-state index contributed by atoms with van der Waals surface area (Å²) in [6.07, 6.45) is 0.